The van der Waals surface area contributed by atoms with E-state index in [1.54, 1.807) is 25.1 Å². The molecule has 0 radical (unpaired) electrons. The molecule has 1 saturated carbocycles. The zero-order valence-corrected chi connectivity index (χ0v) is 13.3. The van der Waals surface area contributed by atoms with E-state index in [0.717, 1.165) is 19.3 Å². The molecule has 2 rings (SSSR count). The van der Waals surface area contributed by atoms with Gasteiger partial charge < -0.3 is 5.11 Å². The molecule has 1 aliphatic rings. The van der Waals surface area contributed by atoms with Crippen molar-refractivity contribution in [3.63, 3.8) is 0 Å². The van der Waals surface area contributed by atoms with Crippen molar-refractivity contribution in [2.75, 3.05) is 13.2 Å². The van der Waals surface area contributed by atoms with E-state index in [4.69, 9.17) is 5.11 Å². The molecule has 0 spiro atoms. The van der Waals surface area contributed by atoms with Gasteiger partial charge in [0.15, 0.2) is 0 Å². The number of aryl methyl sites for hydroxylation is 1. The molecule has 1 aromatic rings. The fourth-order valence-corrected chi connectivity index (χ4v) is 3.69. The van der Waals surface area contributed by atoms with E-state index in [1.807, 2.05) is 0 Å². The van der Waals surface area contributed by atoms with Crippen LogP contribution in [0.25, 0.3) is 0 Å². The van der Waals surface area contributed by atoms with Gasteiger partial charge in [0.2, 0.25) is 10.0 Å². The smallest absolute Gasteiger partial charge is 0.240 e. The van der Waals surface area contributed by atoms with Crippen molar-refractivity contribution >= 4 is 10.0 Å². The largest absolute Gasteiger partial charge is 0.384 e. The summed E-state index contributed by atoms with van der Waals surface area (Å²) < 4.78 is 27.6. The molecule has 0 unspecified atom stereocenters. The number of aliphatic hydroxyl groups excluding tert-OH is 1. The summed E-state index contributed by atoms with van der Waals surface area (Å²) in [6, 6.07) is 5.06. The van der Waals surface area contributed by atoms with Gasteiger partial charge in [0, 0.05) is 12.1 Å². The quantitative estimate of drug-likeness (QED) is 0.815. The molecule has 21 heavy (non-hydrogen) atoms. The minimum absolute atomic E-state index is 0.162. The molecule has 0 aliphatic heterocycles. The standard InChI is InChI=1S/C16H21NO3S/c1-3-16(8-9-16)12-17-21(19,20)15-11-14(5-4-10-18)7-6-13(15)2/h6-7,11,17-18H,3,8-10,12H2,1-2H3. The Hall–Kier alpha value is -1.35. The Morgan fingerprint density at radius 3 is 2.67 bits per heavy atom. The van der Waals surface area contributed by atoms with Crippen LogP contribution >= 0.6 is 0 Å². The number of aliphatic hydroxyl groups is 1. The topological polar surface area (TPSA) is 66.4 Å². The zero-order valence-electron chi connectivity index (χ0n) is 12.4. The van der Waals surface area contributed by atoms with Crippen LogP contribution in [0.15, 0.2) is 23.1 Å². The summed E-state index contributed by atoms with van der Waals surface area (Å²) in [7, 11) is -3.52. The van der Waals surface area contributed by atoms with Crippen molar-refractivity contribution in [3.05, 3.63) is 29.3 Å². The van der Waals surface area contributed by atoms with E-state index in [0.29, 0.717) is 17.7 Å². The summed E-state index contributed by atoms with van der Waals surface area (Å²) in [4.78, 5) is 0.263. The summed E-state index contributed by atoms with van der Waals surface area (Å²) in [5.74, 6) is 5.27. The van der Waals surface area contributed by atoms with Gasteiger partial charge in [-0.2, -0.15) is 0 Å². The number of rotatable bonds is 5. The fraction of sp³-hybridized carbons (Fsp3) is 0.500. The molecule has 0 heterocycles. The van der Waals surface area contributed by atoms with Crippen LogP contribution in [0.2, 0.25) is 0 Å². The summed E-state index contributed by atoms with van der Waals surface area (Å²) in [5, 5.41) is 8.71. The van der Waals surface area contributed by atoms with Crippen LogP contribution in [0, 0.1) is 24.2 Å². The molecule has 2 N–H and O–H groups in total. The third-order valence-corrected chi connectivity index (χ3v) is 5.68. The van der Waals surface area contributed by atoms with E-state index >= 15 is 0 Å². The minimum Gasteiger partial charge on any atom is -0.384 e. The first kappa shape index (κ1) is 16.0. The number of sulfonamides is 1. The number of nitrogens with one attached hydrogen (secondary N) is 1. The third kappa shape index (κ3) is 3.85. The van der Waals surface area contributed by atoms with Gasteiger partial charge in [0.25, 0.3) is 0 Å². The van der Waals surface area contributed by atoms with Crippen LogP contribution in [0.3, 0.4) is 0 Å². The van der Waals surface area contributed by atoms with Crippen molar-refractivity contribution in [1.29, 1.82) is 0 Å². The average Bonchev–Trinajstić information content (AvgIpc) is 3.25. The van der Waals surface area contributed by atoms with E-state index in [1.165, 1.54) is 0 Å². The van der Waals surface area contributed by atoms with E-state index in [2.05, 4.69) is 23.5 Å². The zero-order chi connectivity index (χ0) is 15.5. The van der Waals surface area contributed by atoms with Crippen LogP contribution in [0.5, 0.6) is 0 Å². The van der Waals surface area contributed by atoms with Crippen LogP contribution < -0.4 is 4.72 Å². The molecule has 0 aromatic heterocycles. The van der Waals surface area contributed by atoms with Gasteiger partial charge in [0.05, 0.1) is 4.90 Å². The second kappa shape index (κ2) is 6.18. The highest BCUT2D eigenvalue weighted by Gasteiger charge is 2.41. The first-order valence-corrected chi connectivity index (χ1v) is 8.61. The third-order valence-electron chi connectivity index (χ3n) is 4.13. The van der Waals surface area contributed by atoms with Gasteiger partial charge in [-0.3, -0.25) is 0 Å². The molecule has 5 heteroatoms. The van der Waals surface area contributed by atoms with Crippen molar-refractivity contribution in [3.8, 4) is 11.8 Å². The fourth-order valence-electron chi connectivity index (χ4n) is 2.27. The summed E-state index contributed by atoms with van der Waals surface area (Å²) >= 11 is 0. The maximum atomic E-state index is 12.5. The van der Waals surface area contributed by atoms with Gasteiger partial charge >= 0.3 is 0 Å². The van der Waals surface area contributed by atoms with Crippen molar-refractivity contribution in [2.24, 2.45) is 5.41 Å². The van der Waals surface area contributed by atoms with Gasteiger partial charge in [-0.1, -0.05) is 24.8 Å². The predicted molar refractivity (Wildman–Crippen MR) is 82.3 cm³/mol. The molecule has 1 aromatic carbocycles. The van der Waals surface area contributed by atoms with Crippen molar-refractivity contribution < 1.29 is 13.5 Å². The Labute approximate surface area is 126 Å². The van der Waals surface area contributed by atoms with Gasteiger partial charge in [-0.05, 0) is 49.3 Å². The Morgan fingerprint density at radius 1 is 1.38 bits per heavy atom. The van der Waals surface area contributed by atoms with Crippen molar-refractivity contribution in [2.45, 2.75) is 38.0 Å². The highest BCUT2D eigenvalue weighted by atomic mass is 32.2. The number of hydrogen-bond donors (Lipinski definition) is 2. The lowest BCUT2D eigenvalue weighted by molar-refractivity contribution is 0.350. The molecule has 4 nitrogen and oxygen atoms in total. The predicted octanol–water partition coefficient (Wildman–Crippen LogP) is 1.81. The van der Waals surface area contributed by atoms with E-state index < -0.39 is 10.0 Å². The molecule has 1 aliphatic carbocycles. The maximum Gasteiger partial charge on any atom is 0.240 e. The van der Waals surface area contributed by atoms with Gasteiger partial charge in [0.1, 0.15) is 6.61 Å². The van der Waals surface area contributed by atoms with Gasteiger partial charge in [-0.15, -0.1) is 0 Å². The minimum atomic E-state index is -3.52. The molecular weight excluding hydrogens is 286 g/mol. The summed E-state index contributed by atoms with van der Waals surface area (Å²) in [5.41, 5.74) is 1.44. The van der Waals surface area contributed by atoms with Crippen LogP contribution in [-0.4, -0.2) is 26.7 Å². The van der Waals surface area contributed by atoms with Crippen LogP contribution in [0.4, 0.5) is 0 Å². The monoisotopic (exact) mass is 307 g/mol. The lowest BCUT2D eigenvalue weighted by Gasteiger charge is -2.15. The van der Waals surface area contributed by atoms with E-state index in [-0.39, 0.29) is 16.9 Å². The molecule has 0 bridgehead atoms. The highest BCUT2D eigenvalue weighted by Crippen LogP contribution is 2.48. The molecule has 0 saturated heterocycles. The molecule has 0 amide bonds. The molecule has 1 fully saturated rings. The lowest BCUT2D eigenvalue weighted by atomic mass is 10.1. The lowest BCUT2D eigenvalue weighted by Crippen LogP contribution is -2.30. The first-order valence-electron chi connectivity index (χ1n) is 7.12. The average molecular weight is 307 g/mol. The Balaban J connectivity index is 2.22. The Bertz CT molecular complexity index is 679. The second-order valence-corrected chi connectivity index (χ2v) is 7.35. The number of hydrogen-bond acceptors (Lipinski definition) is 3. The Morgan fingerprint density at radius 2 is 2.10 bits per heavy atom. The van der Waals surface area contributed by atoms with Gasteiger partial charge in [-0.25, -0.2) is 13.1 Å². The Kier molecular flexibility index (Phi) is 4.72. The van der Waals surface area contributed by atoms with Crippen LogP contribution in [0.1, 0.15) is 37.3 Å². The molecule has 0 atom stereocenters. The first-order chi connectivity index (χ1) is 9.92. The van der Waals surface area contributed by atoms with Crippen molar-refractivity contribution in [1.82, 2.24) is 4.72 Å². The second-order valence-electron chi connectivity index (χ2n) is 5.62. The number of benzene rings is 1. The van der Waals surface area contributed by atoms with Crippen LogP contribution in [-0.2, 0) is 10.0 Å². The SMILES string of the molecule is CCC1(CNS(=O)(=O)c2cc(C#CCO)ccc2C)CC1. The summed E-state index contributed by atoms with van der Waals surface area (Å²) in [6.45, 7) is 4.12. The summed E-state index contributed by atoms with van der Waals surface area (Å²) in [6.07, 6.45) is 3.18. The molecular formula is C16H21NO3S. The molecule has 114 valence electrons. The normalized spacial score (nSPS) is 16.1. The maximum absolute atomic E-state index is 12.5. The van der Waals surface area contributed by atoms with E-state index in [9.17, 15) is 8.42 Å². The highest BCUT2D eigenvalue weighted by molar-refractivity contribution is 7.89.